The molecule has 3 nitrogen and oxygen atoms in total. The number of carbonyl (C=O) groups is 1. The van der Waals surface area contributed by atoms with Crippen molar-refractivity contribution in [2.45, 2.75) is 51.2 Å². The maximum atomic E-state index is 11.6. The molecule has 0 unspecified atom stereocenters. The van der Waals surface area contributed by atoms with Gasteiger partial charge in [0.15, 0.2) is 0 Å². The van der Waals surface area contributed by atoms with E-state index in [-0.39, 0.29) is 12.6 Å². The number of rotatable bonds is 9. The summed E-state index contributed by atoms with van der Waals surface area (Å²) in [6, 6.07) is 0. The number of ether oxygens (including phenoxy) is 1. The molecule has 1 N–H and O–H groups in total. The van der Waals surface area contributed by atoms with Crippen molar-refractivity contribution < 1.29 is 14.6 Å². The molecule has 0 aliphatic rings. The Hall–Kier alpha value is -0.220. The Bertz CT molecular complexity index is 193. The average Bonchev–Trinajstić information content (AvgIpc) is 2.23. The molecule has 0 rings (SSSR count). The Kier molecular flexibility index (Phi) is 8.76. The summed E-state index contributed by atoms with van der Waals surface area (Å²) in [6.45, 7) is 6.36. The van der Waals surface area contributed by atoms with Gasteiger partial charge < -0.3 is 9.84 Å². The van der Waals surface area contributed by atoms with Crippen LogP contribution in [0.25, 0.3) is 0 Å². The summed E-state index contributed by atoms with van der Waals surface area (Å²) >= 11 is 1.65. The van der Waals surface area contributed by atoms with Crippen LogP contribution in [0, 0.1) is 0 Å². The van der Waals surface area contributed by atoms with Gasteiger partial charge >= 0.3 is 5.97 Å². The molecule has 0 amide bonds. The van der Waals surface area contributed by atoms with Gasteiger partial charge in [-0.3, -0.25) is 4.79 Å². The van der Waals surface area contributed by atoms with Crippen molar-refractivity contribution in [2.24, 2.45) is 0 Å². The highest BCUT2D eigenvalue weighted by Gasteiger charge is 2.29. The van der Waals surface area contributed by atoms with E-state index in [4.69, 9.17) is 9.84 Å². The fourth-order valence-corrected chi connectivity index (χ4v) is 2.29. The van der Waals surface area contributed by atoms with Gasteiger partial charge in [0.05, 0.1) is 6.61 Å². The monoisotopic (exact) mass is 248 g/mol. The van der Waals surface area contributed by atoms with Crippen molar-refractivity contribution >= 4 is 17.7 Å². The molecule has 16 heavy (non-hydrogen) atoms. The molecule has 0 aromatic carbocycles. The van der Waals surface area contributed by atoms with Crippen molar-refractivity contribution in [1.29, 1.82) is 0 Å². The molecule has 0 radical (unpaired) electrons. The van der Waals surface area contributed by atoms with E-state index in [2.05, 4.69) is 0 Å². The second-order valence-corrected chi connectivity index (χ2v) is 5.93. The van der Waals surface area contributed by atoms with Gasteiger partial charge in [0.25, 0.3) is 0 Å². The first kappa shape index (κ1) is 15.8. The second kappa shape index (κ2) is 8.88. The molecular formula is C12H24O3S. The summed E-state index contributed by atoms with van der Waals surface area (Å²) in [5.41, 5.74) is 0. The summed E-state index contributed by atoms with van der Waals surface area (Å²) in [6.07, 6.45) is 4.16. The highest BCUT2D eigenvalue weighted by Crippen LogP contribution is 2.27. The summed E-state index contributed by atoms with van der Waals surface area (Å²) in [7, 11) is 0. The highest BCUT2D eigenvalue weighted by molar-refractivity contribution is 8.01. The normalized spacial score (nSPS) is 11.5. The number of aliphatic hydroxyl groups excluding tert-OH is 1. The molecule has 96 valence electrons. The standard InChI is InChI=1S/C12H24O3S/c1-4-15-11(14)12(2,3)16-10-8-6-5-7-9-13/h13H,4-10H2,1-3H3. The SMILES string of the molecule is CCOC(=O)C(C)(C)SCCCCCCO. The van der Waals surface area contributed by atoms with Crippen molar-refractivity contribution in [3.8, 4) is 0 Å². The first-order valence-corrected chi connectivity index (χ1v) is 6.95. The summed E-state index contributed by atoms with van der Waals surface area (Å²) < 4.78 is 4.57. The molecule has 0 saturated carbocycles. The van der Waals surface area contributed by atoms with Gasteiger partial charge in [-0.25, -0.2) is 0 Å². The van der Waals surface area contributed by atoms with Crippen molar-refractivity contribution in [3.63, 3.8) is 0 Å². The van der Waals surface area contributed by atoms with Gasteiger partial charge in [-0.15, -0.1) is 11.8 Å². The number of carbonyl (C=O) groups excluding carboxylic acids is 1. The molecule has 0 aromatic rings. The molecule has 0 spiro atoms. The zero-order chi connectivity index (χ0) is 12.4. The first-order valence-electron chi connectivity index (χ1n) is 5.96. The number of unbranched alkanes of at least 4 members (excludes halogenated alkanes) is 3. The van der Waals surface area contributed by atoms with E-state index in [1.165, 1.54) is 0 Å². The fourth-order valence-electron chi connectivity index (χ4n) is 1.26. The van der Waals surface area contributed by atoms with Crippen LogP contribution in [0.3, 0.4) is 0 Å². The van der Waals surface area contributed by atoms with Crippen LogP contribution in [0.1, 0.15) is 46.5 Å². The van der Waals surface area contributed by atoms with Crippen LogP contribution in [0.15, 0.2) is 0 Å². The molecule has 0 aliphatic carbocycles. The molecule has 0 bridgehead atoms. The summed E-state index contributed by atoms with van der Waals surface area (Å²) in [4.78, 5) is 11.6. The number of esters is 1. The lowest BCUT2D eigenvalue weighted by molar-refractivity contribution is -0.145. The minimum Gasteiger partial charge on any atom is -0.465 e. The molecule has 0 saturated heterocycles. The maximum absolute atomic E-state index is 11.6. The zero-order valence-corrected chi connectivity index (χ0v) is 11.4. The van der Waals surface area contributed by atoms with Crippen molar-refractivity contribution in [3.05, 3.63) is 0 Å². The Morgan fingerprint density at radius 1 is 1.25 bits per heavy atom. The van der Waals surface area contributed by atoms with E-state index in [1.807, 2.05) is 20.8 Å². The highest BCUT2D eigenvalue weighted by atomic mass is 32.2. The molecule has 0 atom stereocenters. The topological polar surface area (TPSA) is 46.5 Å². The molecular weight excluding hydrogens is 224 g/mol. The Balaban J connectivity index is 3.61. The van der Waals surface area contributed by atoms with E-state index in [0.717, 1.165) is 31.4 Å². The smallest absolute Gasteiger partial charge is 0.321 e. The van der Waals surface area contributed by atoms with Gasteiger partial charge in [0.1, 0.15) is 4.75 Å². The first-order chi connectivity index (χ1) is 7.54. The van der Waals surface area contributed by atoms with Crippen LogP contribution >= 0.6 is 11.8 Å². The van der Waals surface area contributed by atoms with Crippen molar-refractivity contribution in [1.82, 2.24) is 0 Å². The molecule has 0 heterocycles. The van der Waals surface area contributed by atoms with Gasteiger partial charge in [0.2, 0.25) is 0 Å². The van der Waals surface area contributed by atoms with Crippen LogP contribution < -0.4 is 0 Å². The third-order valence-corrected chi connectivity index (χ3v) is 3.66. The predicted octanol–water partition coefficient (Wildman–Crippen LogP) is 2.61. The minimum atomic E-state index is -0.438. The summed E-state index contributed by atoms with van der Waals surface area (Å²) in [5.74, 6) is 0.840. The van der Waals surface area contributed by atoms with Crippen LogP contribution in [0.5, 0.6) is 0 Å². The maximum Gasteiger partial charge on any atom is 0.321 e. The van der Waals surface area contributed by atoms with E-state index >= 15 is 0 Å². The number of hydrogen-bond acceptors (Lipinski definition) is 4. The average molecular weight is 248 g/mol. The predicted molar refractivity (Wildman–Crippen MR) is 68.7 cm³/mol. The molecule has 4 heteroatoms. The summed E-state index contributed by atoms with van der Waals surface area (Å²) in [5, 5.41) is 8.62. The van der Waals surface area contributed by atoms with E-state index in [9.17, 15) is 4.79 Å². The van der Waals surface area contributed by atoms with Gasteiger partial charge in [-0.2, -0.15) is 0 Å². The van der Waals surface area contributed by atoms with Crippen LogP contribution in [0.2, 0.25) is 0 Å². The lowest BCUT2D eigenvalue weighted by atomic mass is 10.2. The van der Waals surface area contributed by atoms with Crippen LogP contribution in [-0.4, -0.2) is 34.8 Å². The van der Waals surface area contributed by atoms with E-state index in [0.29, 0.717) is 6.61 Å². The van der Waals surface area contributed by atoms with E-state index in [1.54, 1.807) is 11.8 Å². The quantitative estimate of drug-likeness (QED) is 0.503. The van der Waals surface area contributed by atoms with Gasteiger partial charge in [-0.05, 0) is 39.4 Å². The second-order valence-electron chi connectivity index (χ2n) is 4.22. The zero-order valence-electron chi connectivity index (χ0n) is 10.6. The molecule has 0 aliphatic heterocycles. The van der Waals surface area contributed by atoms with E-state index < -0.39 is 4.75 Å². The van der Waals surface area contributed by atoms with Gasteiger partial charge in [-0.1, -0.05) is 12.8 Å². The number of aliphatic hydroxyl groups is 1. The van der Waals surface area contributed by atoms with Crippen LogP contribution in [-0.2, 0) is 9.53 Å². The van der Waals surface area contributed by atoms with Crippen LogP contribution in [0.4, 0.5) is 0 Å². The third kappa shape index (κ3) is 7.12. The third-order valence-electron chi connectivity index (χ3n) is 2.28. The Morgan fingerprint density at radius 3 is 2.44 bits per heavy atom. The largest absolute Gasteiger partial charge is 0.465 e. The number of hydrogen-bond donors (Lipinski definition) is 1. The van der Waals surface area contributed by atoms with Gasteiger partial charge in [0, 0.05) is 6.61 Å². The fraction of sp³-hybridized carbons (Fsp3) is 0.917. The lowest BCUT2D eigenvalue weighted by Gasteiger charge is -2.21. The molecule has 0 aromatic heterocycles. The molecule has 0 fully saturated rings. The number of thioether (sulfide) groups is 1. The van der Waals surface area contributed by atoms with Crippen molar-refractivity contribution in [2.75, 3.05) is 19.0 Å². The minimum absolute atomic E-state index is 0.129. The Labute approximate surface area is 103 Å². The Morgan fingerprint density at radius 2 is 1.88 bits per heavy atom. The lowest BCUT2D eigenvalue weighted by Crippen LogP contribution is -2.30.